The molecule has 0 spiro atoms. The van der Waals surface area contributed by atoms with E-state index in [4.69, 9.17) is 0 Å². The summed E-state index contributed by atoms with van der Waals surface area (Å²) in [6.45, 7) is 10.3. The molecule has 0 bridgehead atoms. The van der Waals surface area contributed by atoms with Crippen LogP contribution in [0.3, 0.4) is 0 Å². The molecule has 0 fully saturated rings. The third-order valence-electron chi connectivity index (χ3n) is 3.39. The first kappa shape index (κ1) is 16.4. The van der Waals surface area contributed by atoms with Crippen LogP contribution >= 0.6 is 0 Å². The highest BCUT2D eigenvalue weighted by Gasteiger charge is 2.10. The van der Waals surface area contributed by atoms with Gasteiger partial charge in [0.1, 0.15) is 0 Å². The monoisotopic (exact) mass is 277 g/mol. The standard InChI is InChI=1S/C15H27N5/c1-5-20(6-2)13(3)11-18-15(16-4)19-12-14-9-7-8-10-17-14/h7-10,13H,5-6,11-12H2,1-4H3,(H2,16,18,19). The molecule has 0 radical (unpaired) electrons. The van der Waals surface area contributed by atoms with Crippen LogP contribution in [0.4, 0.5) is 0 Å². The summed E-state index contributed by atoms with van der Waals surface area (Å²) in [5.74, 6) is 0.814. The van der Waals surface area contributed by atoms with Crippen molar-refractivity contribution in [3.63, 3.8) is 0 Å². The highest BCUT2D eigenvalue weighted by atomic mass is 15.2. The summed E-state index contributed by atoms with van der Waals surface area (Å²) >= 11 is 0. The fourth-order valence-corrected chi connectivity index (χ4v) is 2.12. The number of aromatic nitrogens is 1. The lowest BCUT2D eigenvalue weighted by atomic mass is 10.3. The lowest BCUT2D eigenvalue weighted by molar-refractivity contribution is 0.231. The molecule has 112 valence electrons. The normalized spacial score (nSPS) is 13.3. The predicted octanol–water partition coefficient (Wildman–Crippen LogP) is 1.48. The Kier molecular flexibility index (Phi) is 7.65. The lowest BCUT2D eigenvalue weighted by Gasteiger charge is -2.27. The minimum Gasteiger partial charge on any atom is -0.355 e. The number of nitrogens with zero attached hydrogens (tertiary/aromatic N) is 3. The number of likely N-dealkylation sites (N-methyl/N-ethyl adjacent to an activating group) is 1. The third kappa shape index (κ3) is 5.57. The van der Waals surface area contributed by atoms with E-state index in [0.717, 1.165) is 31.3 Å². The van der Waals surface area contributed by atoms with Gasteiger partial charge < -0.3 is 10.6 Å². The van der Waals surface area contributed by atoms with Crippen molar-refractivity contribution in [1.82, 2.24) is 20.5 Å². The summed E-state index contributed by atoms with van der Waals surface area (Å²) in [5, 5.41) is 6.63. The molecule has 2 N–H and O–H groups in total. The molecule has 0 aliphatic rings. The average molecular weight is 277 g/mol. The van der Waals surface area contributed by atoms with Gasteiger partial charge in [-0.25, -0.2) is 0 Å². The first-order valence-corrected chi connectivity index (χ1v) is 7.29. The molecule has 0 saturated heterocycles. The van der Waals surface area contributed by atoms with E-state index in [2.05, 4.69) is 46.3 Å². The number of rotatable bonds is 7. The number of guanidine groups is 1. The van der Waals surface area contributed by atoms with Crippen molar-refractivity contribution >= 4 is 5.96 Å². The average Bonchev–Trinajstić information content (AvgIpc) is 2.49. The second-order valence-electron chi connectivity index (χ2n) is 4.70. The van der Waals surface area contributed by atoms with E-state index in [9.17, 15) is 0 Å². The van der Waals surface area contributed by atoms with E-state index in [-0.39, 0.29) is 0 Å². The highest BCUT2D eigenvalue weighted by Crippen LogP contribution is 1.96. The van der Waals surface area contributed by atoms with Crippen molar-refractivity contribution in [3.05, 3.63) is 30.1 Å². The summed E-state index contributed by atoms with van der Waals surface area (Å²) < 4.78 is 0. The maximum absolute atomic E-state index is 4.28. The zero-order valence-electron chi connectivity index (χ0n) is 13.1. The summed E-state index contributed by atoms with van der Waals surface area (Å²) in [7, 11) is 1.79. The molecular weight excluding hydrogens is 250 g/mol. The van der Waals surface area contributed by atoms with Gasteiger partial charge in [0.15, 0.2) is 5.96 Å². The maximum atomic E-state index is 4.28. The predicted molar refractivity (Wildman–Crippen MR) is 84.8 cm³/mol. The van der Waals surface area contributed by atoms with Gasteiger partial charge >= 0.3 is 0 Å². The van der Waals surface area contributed by atoms with E-state index in [1.807, 2.05) is 18.2 Å². The number of aliphatic imine (C=N–C) groups is 1. The van der Waals surface area contributed by atoms with Crippen LogP contribution in [0.25, 0.3) is 0 Å². The molecule has 5 nitrogen and oxygen atoms in total. The fraction of sp³-hybridized carbons (Fsp3) is 0.600. The Bertz CT molecular complexity index is 387. The Morgan fingerprint density at radius 1 is 1.30 bits per heavy atom. The van der Waals surface area contributed by atoms with E-state index >= 15 is 0 Å². The van der Waals surface area contributed by atoms with Crippen LogP contribution in [0.2, 0.25) is 0 Å². The Labute approximate surface area is 122 Å². The molecule has 0 amide bonds. The zero-order valence-corrected chi connectivity index (χ0v) is 13.1. The second-order valence-corrected chi connectivity index (χ2v) is 4.70. The van der Waals surface area contributed by atoms with Crippen molar-refractivity contribution in [2.75, 3.05) is 26.7 Å². The van der Waals surface area contributed by atoms with Crippen LogP contribution in [0.5, 0.6) is 0 Å². The number of pyridine rings is 1. The molecule has 1 aromatic rings. The smallest absolute Gasteiger partial charge is 0.191 e. The maximum Gasteiger partial charge on any atom is 0.191 e. The van der Waals surface area contributed by atoms with Crippen molar-refractivity contribution in [1.29, 1.82) is 0 Å². The van der Waals surface area contributed by atoms with Crippen molar-refractivity contribution in [3.8, 4) is 0 Å². The Morgan fingerprint density at radius 2 is 2.05 bits per heavy atom. The van der Waals surface area contributed by atoms with Gasteiger partial charge in [-0.1, -0.05) is 19.9 Å². The van der Waals surface area contributed by atoms with E-state index < -0.39 is 0 Å². The van der Waals surface area contributed by atoms with Crippen LogP contribution in [-0.2, 0) is 6.54 Å². The highest BCUT2D eigenvalue weighted by molar-refractivity contribution is 5.79. The number of nitrogens with one attached hydrogen (secondary N) is 2. The van der Waals surface area contributed by atoms with Gasteiger partial charge in [0, 0.05) is 25.8 Å². The summed E-state index contributed by atoms with van der Waals surface area (Å²) in [4.78, 5) is 10.9. The van der Waals surface area contributed by atoms with E-state index in [1.165, 1.54) is 0 Å². The van der Waals surface area contributed by atoms with Crippen LogP contribution in [0.1, 0.15) is 26.5 Å². The molecule has 1 heterocycles. The van der Waals surface area contributed by atoms with Crippen LogP contribution in [-0.4, -0.2) is 48.6 Å². The molecule has 0 aromatic carbocycles. The van der Waals surface area contributed by atoms with Gasteiger partial charge in [0.05, 0.1) is 12.2 Å². The van der Waals surface area contributed by atoms with Crippen LogP contribution < -0.4 is 10.6 Å². The molecular formula is C15H27N5. The Morgan fingerprint density at radius 3 is 2.60 bits per heavy atom. The van der Waals surface area contributed by atoms with Gasteiger partial charge in [0.25, 0.3) is 0 Å². The van der Waals surface area contributed by atoms with Crippen molar-refractivity contribution in [2.24, 2.45) is 4.99 Å². The van der Waals surface area contributed by atoms with Crippen LogP contribution in [0.15, 0.2) is 29.4 Å². The summed E-state index contributed by atoms with van der Waals surface area (Å²) in [6.07, 6.45) is 1.80. The minimum absolute atomic E-state index is 0.485. The molecule has 1 atom stereocenters. The third-order valence-corrected chi connectivity index (χ3v) is 3.39. The van der Waals surface area contributed by atoms with Crippen LogP contribution in [0, 0.1) is 0 Å². The van der Waals surface area contributed by atoms with Gasteiger partial charge in [-0.05, 0) is 32.1 Å². The second kappa shape index (κ2) is 9.31. The van der Waals surface area contributed by atoms with Crippen molar-refractivity contribution in [2.45, 2.75) is 33.4 Å². The largest absolute Gasteiger partial charge is 0.355 e. The quantitative estimate of drug-likeness (QED) is 0.585. The summed E-state index contributed by atoms with van der Waals surface area (Å²) in [6, 6.07) is 6.39. The topological polar surface area (TPSA) is 52.5 Å². The van der Waals surface area contributed by atoms with Gasteiger partial charge in [-0.2, -0.15) is 0 Å². The Hall–Kier alpha value is -1.62. The van der Waals surface area contributed by atoms with Crippen molar-refractivity contribution < 1.29 is 0 Å². The molecule has 0 aliphatic carbocycles. The molecule has 1 rings (SSSR count). The SMILES string of the molecule is CCN(CC)C(C)CNC(=NC)NCc1ccccn1. The molecule has 20 heavy (non-hydrogen) atoms. The van der Waals surface area contributed by atoms with E-state index in [0.29, 0.717) is 12.6 Å². The molecule has 0 saturated carbocycles. The molecule has 5 heteroatoms. The lowest BCUT2D eigenvalue weighted by Crippen LogP contribution is -2.45. The summed E-state index contributed by atoms with van der Waals surface area (Å²) in [5.41, 5.74) is 1.01. The van der Waals surface area contributed by atoms with Gasteiger partial charge in [-0.15, -0.1) is 0 Å². The molecule has 1 aromatic heterocycles. The first-order chi connectivity index (χ1) is 9.71. The minimum atomic E-state index is 0.485. The fourth-order valence-electron chi connectivity index (χ4n) is 2.12. The number of hydrogen-bond acceptors (Lipinski definition) is 3. The number of hydrogen-bond donors (Lipinski definition) is 2. The molecule has 1 unspecified atom stereocenters. The first-order valence-electron chi connectivity index (χ1n) is 7.29. The van der Waals surface area contributed by atoms with Gasteiger partial charge in [0.2, 0.25) is 0 Å². The Balaban J connectivity index is 2.37. The van der Waals surface area contributed by atoms with Gasteiger partial charge in [-0.3, -0.25) is 14.9 Å². The zero-order chi connectivity index (χ0) is 14.8. The molecule has 0 aliphatic heterocycles. The van der Waals surface area contributed by atoms with E-state index in [1.54, 1.807) is 13.2 Å².